The number of esters is 1. The number of nitrogens with one attached hydrogen (secondary N) is 1. The van der Waals surface area contributed by atoms with Crippen molar-refractivity contribution in [2.24, 2.45) is 0 Å². The Bertz CT molecular complexity index is 1150. The number of urea groups is 1. The predicted octanol–water partition coefficient (Wildman–Crippen LogP) is 4.70. The molecule has 2 heterocycles. The molecule has 1 aromatic heterocycles. The molecule has 4 rings (SSSR count). The minimum atomic E-state index is -0.466. The molecule has 9 heteroatoms. The maximum absolute atomic E-state index is 12.7. The lowest BCUT2D eigenvalue weighted by molar-refractivity contribution is 0.0600. The Morgan fingerprint density at radius 1 is 1.19 bits per heavy atom. The van der Waals surface area contributed by atoms with Gasteiger partial charge in [0.2, 0.25) is 0 Å². The van der Waals surface area contributed by atoms with Gasteiger partial charge in [-0.3, -0.25) is 4.98 Å². The zero-order valence-corrected chi connectivity index (χ0v) is 19.1. The highest BCUT2D eigenvalue weighted by molar-refractivity contribution is 7.82. The standard InChI is InChI=1S/C23H23ClN4O3S/c1-31-22(29)15-3-2-4-18(13-15)28(32)23(30)26-17-8-11-27(12-9-17)21-7-10-25-20-6-5-16(24)14-19(20)21/h2-7,10,13-14,17,32H,8-9,11-12H2,1H3,(H,26,30). The first kappa shape index (κ1) is 22.2. The van der Waals surface area contributed by atoms with Crippen molar-refractivity contribution >= 4 is 58.7 Å². The van der Waals surface area contributed by atoms with Gasteiger partial charge in [-0.05, 0) is 55.3 Å². The van der Waals surface area contributed by atoms with E-state index < -0.39 is 5.97 Å². The van der Waals surface area contributed by atoms with Crippen LogP contribution in [-0.4, -0.2) is 43.2 Å². The fraction of sp³-hybridized carbons (Fsp3) is 0.261. The van der Waals surface area contributed by atoms with E-state index in [4.69, 9.17) is 16.3 Å². The quantitative estimate of drug-likeness (QED) is 0.427. The van der Waals surface area contributed by atoms with Crippen LogP contribution < -0.4 is 14.5 Å². The van der Waals surface area contributed by atoms with Crippen molar-refractivity contribution in [2.75, 3.05) is 29.4 Å². The molecule has 0 radical (unpaired) electrons. The van der Waals surface area contributed by atoms with Gasteiger partial charge in [0, 0.05) is 41.4 Å². The van der Waals surface area contributed by atoms with Crippen LogP contribution in [0.4, 0.5) is 16.2 Å². The second kappa shape index (κ2) is 9.67. The number of carbonyl (C=O) groups excluding carboxylic acids is 2. The maximum Gasteiger partial charge on any atom is 0.337 e. The monoisotopic (exact) mass is 470 g/mol. The van der Waals surface area contributed by atoms with Crippen LogP contribution in [0.15, 0.2) is 54.7 Å². The molecule has 0 atom stereocenters. The van der Waals surface area contributed by atoms with Crippen molar-refractivity contribution in [1.82, 2.24) is 10.3 Å². The van der Waals surface area contributed by atoms with Gasteiger partial charge in [-0.2, -0.15) is 0 Å². The van der Waals surface area contributed by atoms with Gasteiger partial charge >= 0.3 is 12.0 Å². The number of hydrogen-bond donors (Lipinski definition) is 2. The highest BCUT2D eigenvalue weighted by atomic mass is 35.5. The molecule has 32 heavy (non-hydrogen) atoms. The highest BCUT2D eigenvalue weighted by Crippen LogP contribution is 2.30. The third-order valence-electron chi connectivity index (χ3n) is 5.55. The number of halogens is 1. The number of thiol groups is 1. The van der Waals surface area contributed by atoms with E-state index in [1.807, 2.05) is 24.3 Å². The Balaban J connectivity index is 1.39. The first-order valence-corrected chi connectivity index (χ1v) is 11.0. The summed E-state index contributed by atoms with van der Waals surface area (Å²) in [7, 11) is 1.32. The Morgan fingerprint density at radius 3 is 2.72 bits per heavy atom. The first-order valence-electron chi connectivity index (χ1n) is 10.2. The van der Waals surface area contributed by atoms with E-state index in [1.165, 1.54) is 11.4 Å². The number of benzene rings is 2. The van der Waals surface area contributed by atoms with E-state index in [9.17, 15) is 9.59 Å². The maximum atomic E-state index is 12.7. The number of amides is 2. The second-order valence-electron chi connectivity index (χ2n) is 7.56. The summed E-state index contributed by atoms with van der Waals surface area (Å²) < 4.78 is 5.94. The largest absolute Gasteiger partial charge is 0.465 e. The van der Waals surface area contributed by atoms with Crippen LogP contribution in [0.25, 0.3) is 10.9 Å². The SMILES string of the molecule is COC(=O)c1cccc(N(S)C(=O)NC2CCN(c3ccnc4ccc(Cl)cc34)CC2)c1. The second-order valence-corrected chi connectivity index (χ2v) is 8.39. The molecule has 3 aromatic rings. The van der Waals surface area contributed by atoms with Crippen LogP contribution >= 0.6 is 24.4 Å². The lowest BCUT2D eigenvalue weighted by Crippen LogP contribution is -2.47. The van der Waals surface area contributed by atoms with E-state index in [0.717, 1.165) is 42.5 Å². The summed E-state index contributed by atoms with van der Waals surface area (Å²) in [5.41, 5.74) is 2.85. The van der Waals surface area contributed by atoms with Gasteiger partial charge in [-0.25, -0.2) is 13.9 Å². The lowest BCUT2D eigenvalue weighted by Gasteiger charge is -2.35. The number of piperidine rings is 1. The van der Waals surface area contributed by atoms with Crippen molar-refractivity contribution in [3.8, 4) is 0 Å². The molecule has 0 saturated carbocycles. The van der Waals surface area contributed by atoms with E-state index in [0.29, 0.717) is 16.3 Å². The van der Waals surface area contributed by atoms with Crippen LogP contribution in [0, 0.1) is 0 Å². The highest BCUT2D eigenvalue weighted by Gasteiger charge is 2.24. The zero-order valence-electron chi connectivity index (χ0n) is 17.5. The van der Waals surface area contributed by atoms with Gasteiger partial charge in [0.05, 0.1) is 23.9 Å². The summed E-state index contributed by atoms with van der Waals surface area (Å²) in [5.74, 6) is -0.466. The first-order chi connectivity index (χ1) is 15.5. The predicted molar refractivity (Wildman–Crippen MR) is 130 cm³/mol. The average molecular weight is 471 g/mol. The smallest absolute Gasteiger partial charge is 0.337 e. The summed E-state index contributed by atoms with van der Waals surface area (Å²) in [6.07, 6.45) is 3.39. The van der Waals surface area contributed by atoms with E-state index in [2.05, 4.69) is 28.0 Å². The number of fused-ring (bicyclic) bond motifs is 1. The summed E-state index contributed by atoms with van der Waals surface area (Å²) in [5, 5.41) is 4.73. The fourth-order valence-electron chi connectivity index (χ4n) is 3.88. The molecular weight excluding hydrogens is 448 g/mol. The van der Waals surface area contributed by atoms with E-state index in [-0.39, 0.29) is 12.1 Å². The van der Waals surface area contributed by atoms with Crippen LogP contribution in [0.3, 0.4) is 0 Å². The number of hydrogen-bond acceptors (Lipinski definition) is 6. The zero-order chi connectivity index (χ0) is 22.7. The number of aromatic nitrogens is 1. The van der Waals surface area contributed by atoms with E-state index in [1.54, 1.807) is 30.5 Å². The minimum absolute atomic E-state index is 0.0221. The molecule has 1 aliphatic heterocycles. The van der Waals surface area contributed by atoms with Gasteiger partial charge < -0.3 is 15.0 Å². The summed E-state index contributed by atoms with van der Waals surface area (Å²) in [6.45, 7) is 1.59. The minimum Gasteiger partial charge on any atom is -0.465 e. The molecule has 1 N–H and O–H groups in total. The normalized spacial score (nSPS) is 14.3. The topological polar surface area (TPSA) is 74.8 Å². The third-order valence-corrected chi connectivity index (χ3v) is 6.20. The van der Waals surface area contributed by atoms with Gasteiger partial charge in [0.1, 0.15) is 0 Å². The summed E-state index contributed by atoms with van der Waals surface area (Å²) in [4.78, 5) is 31.2. The molecule has 0 aliphatic carbocycles. The summed E-state index contributed by atoms with van der Waals surface area (Å²) >= 11 is 10.5. The molecule has 1 aliphatic rings. The molecule has 2 aromatic carbocycles. The Labute approximate surface area is 196 Å². The van der Waals surface area contributed by atoms with Gasteiger partial charge in [0.25, 0.3) is 0 Å². The number of ether oxygens (including phenoxy) is 1. The molecule has 1 saturated heterocycles. The number of methoxy groups -OCH3 is 1. The van der Waals surface area contributed by atoms with Gasteiger partial charge in [0.15, 0.2) is 0 Å². The molecule has 7 nitrogen and oxygen atoms in total. The van der Waals surface area contributed by atoms with Crippen molar-refractivity contribution in [3.05, 3.63) is 65.3 Å². The number of anilines is 2. The molecule has 0 spiro atoms. The van der Waals surface area contributed by atoms with Crippen molar-refractivity contribution in [2.45, 2.75) is 18.9 Å². The molecule has 166 valence electrons. The van der Waals surface area contributed by atoms with Crippen molar-refractivity contribution in [1.29, 1.82) is 0 Å². The molecular formula is C23H23ClN4O3S. The van der Waals surface area contributed by atoms with E-state index >= 15 is 0 Å². The third kappa shape index (κ3) is 4.76. The molecule has 2 amide bonds. The van der Waals surface area contributed by atoms with Gasteiger partial charge in [-0.15, -0.1) is 0 Å². The number of carbonyl (C=O) groups is 2. The number of nitrogens with zero attached hydrogens (tertiary/aromatic N) is 3. The Hall–Kier alpha value is -2.97. The number of rotatable bonds is 4. The summed E-state index contributed by atoms with van der Waals surface area (Å²) in [6, 6.07) is 14.0. The molecule has 0 bridgehead atoms. The Morgan fingerprint density at radius 2 is 1.97 bits per heavy atom. The van der Waals surface area contributed by atoms with Crippen molar-refractivity contribution in [3.63, 3.8) is 0 Å². The fourth-order valence-corrected chi connectivity index (χ4v) is 4.23. The van der Waals surface area contributed by atoms with Gasteiger partial charge in [-0.1, -0.05) is 30.5 Å². The van der Waals surface area contributed by atoms with Crippen LogP contribution in [0.1, 0.15) is 23.2 Å². The number of pyridine rings is 1. The van der Waals surface area contributed by atoms with Crippen molar-refractivity contribution < 1.29 is 14.3 Å². The lowest BCUT2D eigenvalue weighted by atomic mass is 10.0. The van der Waals surface area contributed by atoms with Crippen LogP contribution in [0.2, 0.25) is 5.02 Å². The van der Waals surface area contributed by atoms with Crippen LogP contribution in [0.5, 0.6) is 0 Å². The molecule has 1 fully saturated rings. The van der Waals surface area contributed by atoms with Crippen LogP contribution in [-0.2, 0) is 4.74 Å². The molecule has 0 unspecified atom stereocenters. The average Bonchev–Trinajstić information content (AvgIpc) is 2.83. The Kier molecular flexibility index (Phi) is 6.72.